The number of nitrogens with zero attached hydrogens (tertiary/aromatic N) is 3. The first-order chi connectivity index (χ1) is 10.3. The molecule has 0 saturated carbocycles. The van der Waals surface area contributed by atoms with Gasteiger partial charge in [-0.3, -0.25) is 0 Å². The molecule has 0 spiro atoms. The molecule has 1 aromatic rings. The highest BCUT2D eigenvalue weighted by Gasteiger charge is 2.27. The molecule has 22 heavy (non-hydrogen) atoms. The zero-order valence-electron chi connectivity index (χ0n) is 13.8. The van der Waals surface area contributed by atoms with Gasteiger partial charge >= 0.3 is 6.09 Å². The van der Waals surface area contributed by atoms with E-state index in [2.05, 4.69) is 9.97 Å². The SMILES string of the molecule is Cc1ccnc(SCC2CCCN(C(=O)OC(C)(C)C)C2)n1. The van der Waals surface area contributed by atoms with Crippen LogP contribution in [0, 0.1) is 12.8 Å². The van der Waals surface area contributed by atoms with Gasteiger partial charge in [-0.1, -0.05) is 11.8 Å². The Balaban J connectivity index is 1.84. The zero-order valence-corrected chi connectivity index (χ0v) is 14.7. The summed E-state index contributed by atoms with van der Waals surface area (Å²) in [7, 11) is 0. The van der Waals surface area contributed by atoms with Crippen LogP contribution in [0.2, 0.25) is 0 Å². The second-order valence-corrected chi connectivity index (χ2v) is 7.71. The smallest absolute Gasteiger partial charge is 0.410 e. The Hall–Kier alpha value is -1.30. The lowest BCUT2D eigenvalue weighted by atomic mass is 10.0. The summed E-state index contributed by atoms with van der Waals surface area (Å²) in [5, 5.41) is 0.814. The van der Waals surface area contributed by atoms with Crippen LogP contribution in [0.4, 0.5) is 4.79 Å². The molecule has 0 bridgehead atoms. The van der Waals surface area contributed by atoms with Crippen LogP contribution < -0.4 is 0 Å². The number of piperidine rings is 1. The van der Waals surface area contributed by atoms with Gasteiger partial charge in [-0.2, -0.15) is 0 Å². The first kappa shape index (κ1) is 17.1. The third kappa shape index (κ3) is 5.48. The number of carbonyl (C=O) groups excluding carboxylic acids is 1. The minimum Gasteiger partial charge on any atom is -0.444 e. The summed E-state index contributed by atoms with van der Waals surface area (Å²) in [6, 6.07) is 1.90. The van der Waals surface area contributed by atoms with E-state index in [0.29, 0.717) is 5.92 Å². The highest BCUT2D eigenvalue weighted by molar-refractivity contribution is 7.99. The monoisotopic (exact) mass is 323 g/mol. The minimum absolute atomic E-state index is 0.200. The van der Waals surface area contributed by atoms with Crippen LogP contribution in [0.3, 0.4) is 0 Å². The molecule has 5 nitrogen and oxygen atoms in total. The largest absolute Gasteiger partial charge is 0.444 e. The van der Waals surface area contributed by atoms with Crippen molar-refractivity contribution in [1.82, 2.24) is 14.9 Å². The molecule has 1 aromatic heterocycles. The second-order valence-electron chi connectivity index (χ2n) is 6.73. The molecule has 6 heteroatoms. The van der Waals surface area contributed by atoms with Gasteiger partial charge in [0.1, 0.15) is 5.60 Å². The van der Waals surface area contributed by atoms with E-state index in [0.717, 1.165) is 42.5 Å². The van der Waals surface area contributed by atoms with Crippen LogP contribution in [-0.4, -0.2) is 45.4 Å². The van der Waals surface area contributed by atoms with Crippen molar-refractivity contribution < 1.29 is 9.53 Å². The highest BCUT2D eigenvalue weighted by Crippen LogP contribution is 2.25. The molecule has 2 rings (SSSR count). The zero-order chi connectivity index (χ0) is 16.2. The maximum absolute atomic E-state index is 12.2. The van der Waals surface area contributed by atoms with Crippen LogP contribution in [0.15, 0.2) is 17.4 Å². The number of aromatic nitrogens is 2. The van der Waals surface area contributed by atoms with Crippen molar-refractivity contribution in [2.45, 2.75) is 51.3 Å². The van der Waals surface area contributed by atoms with Crippen LogP contribution in [0.1, 0.15) is 39.3 Å². The fraction of sp³-hybridized carbons (Fsp3) is 0.688. The van der Waals surface area contributed by atoms with E-state index in [9.17, 15) is 4.79 Å². The molecule has 1 fully saturated rings. The maximum Gasteiger partial charge on any atom is 0.410 e. The molecule has 1 saturated heterocycles. The van der Waals surface area contributed by atoms with E-state index < -0.39 is 5.60 Å². The third-order valence-electron chi connectivity index (χ3n) is 3.39. The Kier molecular flexibility index (Phi) is 5.67. The summed E-state index contributed by atoms with van der Waals surface area (Å²) in [6.07, 6.45) is 3.75. The summed E-state index contributed by atoms with van der Waals surface area (Å²) in [4.78, 5) is 22.7. The predicted molar refractivity (Wildman–Crippen MR) is 88.0 cm³/mol. The highest BCUT2D eigenvalue weighted by atomic mass is 32.2. The van der Waals surface area contributed by atoms with Crippen molar-refractivity contribution >= 4 is 17.9 Å². The molecule has 1 amide bonds. The summed E-state index contributed by atoms with van der Waals surface area (Å²) >= 11 is 1.67. The average molecular weight is 323 g/mol. The number of carbonyl (C=O) groups is 1. The van der Waals surface area contributed by atoms with Crippen molar-refractivity contribution in [2.75, 3.05) is 18.8 Å². The van der Waals surface area contributed by atoms with Gasteiger partial charge in [0.25, 0.3) is 0 Å². The van der Waals surface area contributed by atoms with Crippen molar-refractivity contribution in [2.24, 2.45) is 5.92 Å². The molecular weight excluding hydrogens is 298 g/mol. The molecule has 1 unspecified atom stereocenters. The molecule has 0 aromatic carbocycles. The van der Waals surface area contributed by atoms with Crippen molar-refractivity contribution in [3.05, 3.63) is 18.0 Å². The van der Waals surface area contributed by atoms with E-state index in [1.54, 1.807) is 18.0 Å². The molecule has 1 atom stereocenters. The van der Waals surface area contributed by atoms with E-state index in [1.807, 2.05) is 38.7 Å². The van der Waals surface area contributed by atoms with Crippen LogP contribution in [0.25, 0.3) is 0 Å². The van der Waals surface area contributed by atoms with Crippen LogP contribution in [0.5, 0.6) is 0 Å². The number of amides is 1. The Bertz CT molecular complexity index is 516. The van der Waals surface area contributed by atoms with Gasteiger partial charge in [-0.25, -0.2) is 14.8 Å². The van der Waals surface area contributed by atoms with Crippen LogP contribution in [-0.2, 0) is 4.74 Å². The summed E-state index contributed by atoms with van der Waals surface area (Å²) in [5.41, 5.74) is 0.547. The van der Waals surface area contributed by atoms with Gasteiger partial charge < -0.3 is 9.64 Å². The van der Waals surface area contributed by atoms with Crippen molar-refractivity contribution in [1.29, 1.82) is 0 Å². The normalized spacial score (nSPS) is 19.1. The van der Waals surface area contributed by atoms with Gasteiger partial charge in [-0.05, 0) is 52.5 Å². The molecule has 0 radical (unpaired) electrons. The second kappa shape index (κ2) is 7.31. The van der Waals surface area contributed by atoms with Gasteiger partial charge in [0.05, 0.1) is 0 Å². The van der Waals surface area contributed by atoms with E-state index >= 15 is 0 Å². The first-order valence-electron chi connectivity index (χ1n) is 7.74. The molecule has 1 aliphatic heterocycles. The fourth-order valence-electron chi connectivity index (χ4n) is 2.38. The summed E-state index contributed by atoms with van der Waals surface area (Å²) in [6.45, 7) is 9.22. The maximum atomic E-state index is 12.2. The number of ether oxygens (including phenoxy) is 1. The van der Waals surface area contributed by atoms with E-state index in [1.165, 1.54) is 0 Å². The number of hydrogen-bond acceptors (Lipinski definition) is 5. The van der Waals surface area contributed by atoms with Gasteiger partial charge in [0.15, 0.2) is 5.16 Å². The Morgan fingerprint density at radius 2 is 2.27 bits per heavy atom. The standard InChI is InChI=1S/C16H25N3O2S/c1-12-7-8-17-14(18-12)22-11-13-6-5-9-19(10-13)15(20)21-16(2,3)4/h7-8,13H,5-6,9-11H2,1-4H3. The number of hydrogen-bond donors (Lipinski definition) is 0. The first-order valence-corrected chi connectivity index (χ1v) is 8.72. The number of rotatable bonds is 3. The Morgan fingerprint density at radius 3 is 2.95 bits per heavy atom. The van der Waals surface area contributed by atoms with Gasteiger partial charge in [-0.15, -0.1) is 0 Å². The molecular formula is C16H25N3O2S. The topological polar surface area (TPSA) is 55.3 Å². The van der Waals surface area contributed by atoms with Gasteiger partial charge in [0.2, 0.25) is 0 Å². The van der Waals surface area contributed by atoms with Crippen LogP contribution >= 0.6 is 11.8 Å². The van der Waals surface area contributed by atoms with E-state index in [-0.39, 0.29) is 6.09 Å². The Morgan fingerprint density at radius 1 is 1.50 bits per heavy atom. The lowest BCUT2D eigenvalue weighted by Gasteiger charge is -2.33. The molecule has 1 aliphatic rings. The molecule has 0 aliphatic carbocycles. The number of thioether (sulfide) groups is 1. The fourth-order valence-corrected chi connectivity index (χ4v) is 3.38. The lowest BCUT2D eigenvalue weighted by Crippen LogP contribution is -2.43. The van der Waals surface area contributed by atoms with Crippen molar-refractivity contribution in [3.63, 3.8) is 0 Å². The average Bonchev–Trinajstić information content (AvgIpc) is 2.44. The molecule has 0 N–H and O–H groups in total. The minimum atomic E-state index is -0.436. The molecule has 2 heterocycles. The van der Waals surface area contributed by atoms with Gasteiger partial charge in [0, 0.05) is 30.7 Å². The van der Waals surface area contributed by atoms with E-state index in [4.69, 9.17) is 4.74 Å². The predicted octanol–water partition coefficient (Wildman–Crippen LogP) is 3.52. The summed E-state index contributed by atoms with van der Waals surface area (Å²) in [5.74, 6) is 1.40. The molecule has 122 valence electrons. The summed E-state index contributed by atoms with van der Waals surface area (Å²) < 4.78 is 5.46. The number of likely N-dealkylation sites (tertiary alicyclic amines) is 1. The Labute approximate surface area is 136 Å². The number of aryl methyl sites for hydroxylation is 1. The lowest BCUT2D eigenvalue weighted by molar-refractivity contribution is 0.0177. The quantitative estimate of drug-likeness (QED) is 0.629. The third-order valence-corrected chi connectivity index (χ3v) is 4.48. The van der Waals surface area contributed by atoms with Crippen molar-refractivity contribution in [3.8, 4) is 0 Å².